The molecule has 12 heteroatoms. The molecule has 1 aliphatic rings. The molecular formula is C24H31N9O2S. The number of hydrogen-bond acceptors (Lipinski definition) is 9. The van der Waals surface area contributed by atoms with Crippen molar-refractivity contribution < 1.29 is 8.42 Å². The van der Waals surface area contributed by atoms with Crippen LogP contribution in [0.15, 0.2) is 18.7 Å². The van der Waals surface area contributed by atoms with Crippen molar-refractivity contribution in [3.8, 4) is 11.4 Å². The number of aryl methyl sites for hydroxylation is 2. The van der Waals surface area contributed by atoms with Gasteiger partial charge in [0.1, 0.15) is 23.9 Å². The second kappa shape index (κ2) is 9.23. The molecule has 1 aliphatic carbocycles. The summed E-state index contributed by atoms with van der Waals surface area (Å²) in [6, 6.07) is 0.113. The van der Waals surface area contributed by atoms with E-state index < -0.39 is 9.84 Å². The molecule has 0 spiro atoms. The van der Waals surface area contributed by atoms with Gasteiger partial charge in [0.15, 0.2) is 26.8 Å². The van der Waals surface area contributed by atoms with Crippen molar-refractivity contribution >= 4 is 26.8 Å². The molecule has 190 valence electrons. The van der Waals surface area contributed by atoms with Crippen LogP contribution < -0.4 is 5.32 Å². The van der Waals surface area contributed by atoms with E-state index in [0.717, 1.165) is 53.2 Å². The van der Waals surface area contributed by atoms with E-state index in [1.54, 1.807) is 23.4 Å². The van der Waals surface area contributed by atoms with Crippen LogP contribution in [0.1, 0.15) is 55.9 Å². The zero-order valence-corrected chi connectivity index (χ0v) is 22.0. The summed E-state index contributed by atoms with van der Waals surface area (Å²) in [5, 5.41) is 8.29. The van der Waals surface area contributed by atoms with Crippen molar-refractivity contribution in [1.29, 1.82) is 0 Å². The average Bonchev–Trinajstić information content (AvgIpc) is 3.37. The highest BCUT2D eigenvalue weighted by molar-refractivity contribution is 7.89. The number of imidazole rings is 1. The Bertz CT molecular complexity index is 1520. The van der Waals surface area contributed by atoms with Gasteiger partial charge in [0, 0.05) is 36.9 Å². The van der Waals surface area contributed by atoms with E-state index in [-0.39, 0.29) is 17.8 Å². The van der Waals surface area contributed by atoms with E-state index in [9.17, 15) is 8.42 Å². The standard InChI is InChI=1S/C24H31N9O2S/c1-6-32-23(16-10-25-15(4)26-11-16)30-21-22(27-12-28-24(21)32)29-17-7-8-19-18(9-17)20(14(2)3)31-33(19)13-36(5,34)35/h10-12,14,17H,6-9,13H2,1-5H3,(H,27,28,29). The van der Waals surface area contributed by atoms with Gasteiger partial charge in [-0.05, 0) is 44.6 Å². The highest BCUT2D eigenvalue weighted by Gasteiger charge is 2.29. The van der Waals surface area contributed by atoms with Gasteiger partial charge in [-0.25, -0.2) is 33.3 Å². The number of anilines is 1. The number of nitrogens with one attached hydrogen (secondary N) is 1. The van der Waals surface area contributed by atoms with Crippen LogP contribution in [0.2, 0.25) is 0 Å². The molecular weight excluding hydrogens is 478 g/mol. The zero-order valence-electron chi connectivity index (χ0n) is 21.2. The highest BCUT2D eigenvalue weighted by atomic mass is 32.2. The van der Waals surface area contributed by atoms with E-state index in [4.69, 9.17) is 10.1 Å². The minimum absolute atomic E-state index is 0.0906. The topological polar surface area (TPSA) is 133 Å². The van der Waals surface area contributed by atoms with Gasteiger partial charge in [0.2, 0.25) is 0 Å². The number of rotatable bonds is 7. The zero-order chi connectivity index (χ0) is 25.6. The van der Waals surface area contributed by atoms with Gasteiger partial charge in [-0.1, -0.05) is 13.8 Å². The Kier molecular flexibility index (Phi) is 6.23. The molecule has 0 aliphatic heterocycles. The summed E-state index contributed by atoms with van der Waals surface area (Å²) in [4.78, 5) is 22.6. The number of fused-ring (bicyclic) bond motifs is 2. The molecule has 1 unspecified atom stereocenters. The van der Waals surface area contributed by atoms with Crippen molar-refractivity contribution in [2.24, 2.45) is 0 Å². The molecule has 0 bridgehead atoms. The van der Waals surface area contributed by atoms with Crippen LogP contribution in [0.25, 0.3) is 22.6 Å². The summed E-state index contributed by atoms with van der Waals surface area (Å²) in [5.74, 6) is 2.25. The number of hydrogen-bond donors (Lipinski definition) is 1. The summed E-state index contributed by atoms with van der Waals surface area (Å²) in [5.41, 5.74) is 5.41. The predicted octanol–water partition coefficient (Wildman–Crippen LogP) is 2.90. The average molecular weight is 510 g/mol. The summed E-state index contributed by atoms with van der Waals surface area (Å²) in [6.07, 6.45) is 8.68. The summed E-state index contributed by atoms with van der Waals surface area (Å²) in [7, 11) is -3.19. The van der Waals surface area contributed by atoms with Gasteiger partial charge in [-0.2, -0.15) is 5.10 Å². The molecule has 0 saturated carbocycles. The molecule has 4 aromatic rings. The van der Waals surface area contributed by atoms with E-state index in [1.807, 2.05) is 11.5 Å². The fraction of sp³-hybridized carbons (Fsp3) is 0.500. The Labute approximate surface area is 210 Å². The molecule has 0 amide bonds. The fourth-order valence-corrected chi connectivity index (χ4v) is 5.55. The second-order valence-corrected chi connectivity index (χ2v) is 11.8. The van der Waals surface area contributed by atoms with Gasteiger partial charge in [-0.15, -0.1) is 0 Å². The molecule has 0 saturated heterocycles. The Hall–Kier alpha value is -3.41. The third-order valence-electron chi connectivity index (χ3n) is 6.51. The Morgan fingerprint density at radius 2 is 1.92 bits per heavy atom. The SMILES string of the molecule is CCn1c(-c2cnc(C)nc2)nc2c(NC3CCc4c(c(C(C)C)nn4CS(C)(=O)=O)C3)ncnc21. The first-order chi connectivity index (χ1) is 17.1. The number of sulfone groups is 1. The molecule has 1 atom stereocenters. The molecule has 0 aromatic carbocycles. The van der Waals surface area contributed by atoms with Gasteiger partial charge in [0.05, 0.1) is 11.3 Å². The Morgan fingerprint density at radius 3 is 2.58 bits per heavy atom. The lowest BCUT2D eigenvalue weighted by Crippen LogP contribution is -2.29. The van der Waals surface area contributed by atoms with E-state index >= 15 is 0 Å². The van der Waals surface area contributed by atoms with Gasteiger partial charge in [-0.3, -0.25) is 4.68 Å². The lowest BCUT2D eigenvalue weighted by Gasteiger charge is -2.25. The van der Waals surface area contributed by atoms with E-state index in [0.29, 0.717) is 23.7 Å². The van der Waals surface area contributed by atoms with Gasteiger partial charge in [0.25, 0.3) is 0 Å². The largest absolute Gasteiger partial charge is 0.365 e. The van der Waals surface area contributed by atoms with Crippen LogP contribution in [0.4, 0.5) is 5.82 Å². The lowest BCUT2D eigenvalue weighted by molar-refractivity contribution is 0.553. The predicted molar refractivity (Wildman–Crippen MR) is 137 cm³/mol. The number of aromatic nitrogens is 8. The molecule has 11 nitrogen and oxygen atoms in total. The van der Waals surface area contributed by atoms with Crippen molar-refractivity contribution in [2.75, 3.05) is 11.6 Å². The third kappa shape index (κ3) is 4.57. The summed E-state index contributed by atoms with van der Waals surface area (Å²) in [6.45, 7) is 8.78. The smallest absolute Gasteiger partial charge is 0.167 e. The molecule has 4 aromatic heterocycles. The quantitative estimate of drug-likeness (QED) is 0.399. The minimum Gasteiger partial charge on any atom is -0.365 e. The van der Waals surface area contributed by atoms with Gasteiger partial charge >= 0.3 is 0 Å². The fourth-order valence-electron chi connectivity index (χ4n) is 4.90. The maximum Gasteiger partial charge on any atom is 0.167 e. The lowest BCUT2D eigenvalue weighted by atomic mass is 9.89. The van der Waals surface area contributed by atoms with Crippen LogP contribution >= 0.6 is 0 Å². The van der Waals surface area contributed by atoms with Crippen LogP contribution in [-0.4, -0.2) is 60.0 Å². The first-order valence-electron chi connectivity index (χ1n) is 12.2. The maximum atomic E-state index is 12.0. The minimum atomic E-state index is -3.19. The number of nitrogens with zero attached hydrogens (tertiary/aromatic N) is 8. The first-order valence-corrected chi connectivity index (χ1v) is 14.2. The van der Waals surface area contributed by atoms with Crippen molar-refractivity contribution in [3.63, 3.8) is 0 Å². The summed E-state index contributed by atoms with van der Waals surface area (Å²) >= 11 is 0. The Morgan fingerprint density at radius 1 is 1.17 bits per heavy atom. The molecule has 36 heavy (non-hydrogen) atoms. The van der Waals surface area contributed by atoms with Crippen LogP contribution in [0.3, 0.4) is 0 Å². The molecule has 5 rings (SSSR count). The van der Waals surface area contributed by atoms with Crippen LogP contribution in [-0.2, 0) is 35.1 Å². The monoisotopic (exact) mass is 509 g/mol. The molecule has 0 radical (unpaired) electrons. The summed E-state index contributed by atoms with van der Waals surface area (Å²) < 4.78 is 27.7. The van der Waals surface area contributed by atoms with Crippen LogP contribution in [0, 0.1) is 6.92 Å². The molecule has 1 N–H and O–H groups in total. The van der Waals surface area contributed by atoms with Crippen molar-refractivity contribution in [1.82, 2.24) is 39.3 Å². The molecule has 0 fully saturated rings. The van der Waals surface area contributed by atoms with Gasteiger partial charge < -0.3 is 9.88 Å². The van der Waals surface area contributed by atoms with E-state index in [2.05, 4.69) is 46.0 Å². The first kappa shape index (κ1) is 24.3. The second-order valence-electron chi connectivity index (χ2n) is 9.70. The molecule has 4 heterocycles. The third-order valence-corrected chi connectivity index (χ3v) is 7.22. The normalized spacial score (nSPS) is 16.0. The van der Waals surface area contributed by atoms with Crippen LogP contribution in [0.5, 0.6) is 0 Å². The van der Waals surface area contributed by atoms with E-state index in [1.165, 1.54) is 6.26 Å². The van der Waals surface area contributed by atoms with Crippen molar-refractivity contribution in [3.05, 3.63) is 41.5 Å². The Balaban J connectivity index is 1.48. The highest BCUT2D eigenvalue weighted by Crippen LogP contribution is 2.32. The van der Waals surface area contributed by atoms with Crippen molar-refractivity contribution in [2.45, 2.75) is 71.3 Å². The maximum absolute atomic E-state index is 12.0.